The SMILES string of the molecule is CCNC(=NCC1CCN(c2ccccc2OC)C1)N1CCC(C)C(n2ccnc2)C1.I. The maximum Gasteiger partial charge on any atom is 0.193 e. The highest BCUT2D eigenvalue weighted by atomic mass is 127. The molecule has 0 amide bonds. The van der Waals surface area contributed by atoms with Crippen LogP contribution in [0.1, 0.15) is 32.7 Å². The van der Waals surface area contributed by atoms with E-state index in [-0.39, 0.29) is 24.0 Å². The number of halogens is 1. The fourth-order valence-corrected chi connectivity index (χ4v) is 4.83. The molecule has 0 bridgehead atoms. The first-order valence-electron chi connectivity index (χ1n) is 11.6. The van der Waals surface area contributed by atoms with Crippen molar-refractivity contribution in [3.63, 3.8) is 0 Å². The standard InChI is InChI=1S/C24H36N6O.HI/c1-4-26-24(29-12-9-19(2)22(17-29)30-14-11-25-18-30)27-15-20-10-13-28(16-20)21-7-5-6-8-23(21)31-3;/h5-8,11,14,18-20,22H,4,9-10,12-13,15-17H2,1-3H3,(H,26,27);1H. The Labute approximate surface area is 209 Å². The first-order chi connectivity index (χ1) is 15.2. The second-order valence-corrected chi connectivity index (χ2v) is 8.76. The Kier molecular flexibility index (Phi) is 9.07. The molecule has 8 heteroatoms. The van der Waals surface area contributed by atoms with Gasteiger partial charge in [-0.25, -0.2) is 4.98 Å². The van der Waals surface area contributed by atoms with Gasteiger partial charge in [0, 0.05) is 51.7 Å². The number of hydrogen-bond donors (Lipinski definition) is 1. The van der Waals surface area contributed by atoms with Gasteiger partial charge in [0.05, 0.1) is 25.2 Å². The number of hydrogen-bond acceptors (Lipinski definition) is 4. The molecule has 3 unspecified atom stereocenters. The van der Waals surface area contributed by atoms with Gasteiger partial charge in [-0.1, -0.05) is 19.1 Å². The minimum atomic E-state index is 0. The van der Waals surface area contributed by atoms with Crippen molar-refractivity contribution >= 4 is 35.6 Å². The number of aliphatic imine (C=N–C) groups is 1. The van der Waals surface area contributed by atoms with Gasteiger partial charge >= 0.3 is 0 Å². The molecule has 2 aromatic rings. The average Bonchev–Trinajstić information content (AvgIpc) is 3.49. The monoisotopic (exact) mass is 552 g/mol. The number of anilines is 1. The van der Waals surface area contributed by atoms with Gasteiger partial charge < -0.3 is 24.4 Å². The van der Waals surface area contributed by atoms with E-state index in [4.69, 9.17) is 9.73 Å². The van der Waals surface area contributed by atoms with Crippen LogP contribution in [0.3, 0.4) is 0 Å². The number of likely N-dealkylation sites (tertiary alicyclic amines) is 1. The number of imidazole rings is 1. The maximum absolute atomic E-state index is 5.56. The predicted octanol–water partition coefficient (Wildman–Crippen LogP) is 3.88. The lowest BCUT2D eigenvalue weighted by Crippen LogP contribution is -2.49. The summed E-state index contributed by atoms with van der Waals surface area (Å²) in [6.07, 6.45) is 8.23. The number of guanidine groups is 1. The van der Waals surface area contributed by atoms with Gasteiger partial charge in [-0.05, 0) is 43.7 Å². The fraction of sp³-hybridized carbons (Fsp3) is 0.583. The summed E-state index contributed by atoms with van der Waals surface area (Å²) in [6.45, 7) is 10.3. The minimum absolute atomic E-state index is 0. The molecule has 0 aliphatic carbocycles. The molecule has 1 N–H and O–H groups in total. The molecule has 32 heavy (non-hydrogen) atoms. The van der Waals surface area contributed by atoms with Crippen LogP contribution in [0.5, 0.6) is 5.75 Å². The van der Waals surface area contributed by atoms with Crippen molar-refractivity contribution in [2.45, 2.75) is 32.7 Å². The molecular weight excluding hydrogens is 515 g/mol. The zero-order valence-corrected chi connectivity index (χ0v) is 21.8. The molecule has 3 atom stereocenters. The lowest BCUT2D eigenvalue weighted by molar-refractivity contribution is 0.189. The van der Waals surface area contributed by atoms with E-state index < -0.39 is 0 Å². The zero-order valence-electron chi connectivity index (χ0n) is 19.5. The normalized spacial score (nSPS) is 23.7. The van der Waals surface area contributed by atoms with E-state index in [0.717, 1.165) is 63.8 Å². The van der Waals surface area contributed by atoms with E-state index in [2.05, 4.69) is 56.8 Å². The summed E-state index contributed by atoms with van der Waals surface area (Å²) >= 11 is 0. The number of aromatic nitrogens is 2. The van der Waals surface area contributed by atoms with Crippen molar-refractivity contribution in [2.75, 3.05) is 51.3 Å². The number of piperidine rings is 1. The van der Waals surface area contributed by atoms with Gasteiger partial charge in [0.25, 0.3) is 0 Å². The number of para-hydroxylation sites is 2. The highest BCUT2D eigenvalue weighted by Gasteiger charge is 2.29. The highest BCUT2D eigenvalue weighted by molar-refractivity contribution is 14.0. The Morgan fingerprint density at radius 2 is 2.06 bits per heavy atom. The topological polar surface area (TPSA) is 57.9 Å². The van der Waals surface area contributed by atoms with Crippen LogP contribution in [0, 0.1) is 11.8 Å². The Balaban J connectivity index is 0.00000289. The van der Waals surface area contributed by atoms with Crippen molar-refractivity contribution in [1.29, 1.82) is 0 Å². The molecule has 4 rings (SSSR count). The number of ether oxygens (including phenoxy) is 1. The quantitative estimate of drug-likeness (QED) is 0.335. The third-order valence-electron chi connectivity index (χ3n) is 6.67. The van der Waals surface area contributed by atoms with E-state index in [1.165, 1.54) is 5.69 Å². The lowest BCUT2D eigenvalue weighted by Gasteiger charge is -2.39. The van der Waals surface area contributed by atoms with Crippen LogP contribution in [0.15, 0.2) is 48.0 Å². The molecule has 176 valence electrons. The molecule has 2 aliphatic heterocycles. The Morgan fingerprint density at radius 3 is 2.81 bits per heavy atom. The Bertz CT molecular complexity index is 858. The van der Waals surface area contributed by atoms with Crippen LogP contribution in [0.2, 0.25) is 0 Å². The van der Waals surface area contributed by atoms with Gasteiger partial charge in [0.2, 0.25) is 0 Å². The summed E-state index contributed by atoms with van der Waals surface area (Å²) in [5, 5.41) is 3.54. The summed E-state index contributed by atoms with van der Waals surface area (Å²) in [5.74, 6) is 3.20. The van der Waals surface area contributed by atoms with Crippen LogP contribution in [-0.4, -0.2) is 66.8 Å². The van der Waals surface area contributed by atoms with E-state index in [0.29, 0.717) is 17.9 Å². The second kappa shape index (κ2) is 11.8. The molecule has 1 aromatic heterocycles. The third-order valence-corrected chi connectivity index (χ3v) is 6.67. The van der Waals surface area contributed by atoms with Crippen molar-refractivity contribution in [1.82, 2.24) is 19.8 Å². The van der Waals surface area contributed by atoms with Gasteiger partial charge in [-0.3, -0.25) is 4.99 Å². The first-order valence-corrected chi connectivity index (χ1v) is 11.6. The highest BCUT2D eigenvalue weighted by Crippen LogP contribution is 2.32. The van der Waals surface area contributed by atoms with Crippen molar-refractivity contribution in [2.24, 2.45) is 16.8 Å². The van der Waals surface area contributed by atoms with E-state index in [1.807, 2.05) is 24.7 Å². The predicted molar refractivity (Wildman–Crippen MR) is 141 cm³/mol. The third kappa shape index (κ3) is 5.68. The summed E-state index contributed by atoms with van der Waals surface area (Å²) in [5.41, 5.74) is 1.19. The van der Waals surface area contributed by atoms with Crippen LogP contribution in [0.4, 0.5) is 5.69 Å². The van der Waals surface area contributed by atoms with E-state index in [9.17, 15) is 0 Å². The number of rotatable bonds is 6. The number of methoxy groups -OCH3 is 1. The number of nitrogens with zero attached hydrogens (tertiary/aromatic N) is 5. The molecule has 1 aromatic carbocycles. The van der Waals surface area contributed by atoms with Crippen molar-refractivity contribution < 1.29 is 4.74 Å². The molecule has 2 fully saturated rings. The molecule has 0 saturated carbocycles. The summed E-state index contributed by atoms with van der Waals surface area (Å²) in [4.78, 5) is 14.2. The van der Waals surface area contributed by atoms with Gasteiger partial charge in [0.1, 0.15) is 5.75 Å². The molecule has 2 saturated heterocycles. The van der Waals surface area contributed by atoms with Crippen LogP contribution >= 0.6 is 24.0 Å². The zero-order chi connectivity index (χ0) is 21.6. The minimum Gasteiger partial charge on any atom is -0.495 e. The molecule has 2 aliphatic rings. The Hall–Kier alpha value is -1.97. The first kappa shape index (κ1) is 24.7. The fourth-order valence-electron chi connectivity index (χ4n) is 4.83. The molecule has 0 spiro atoms. The maximum atomic E-state index is 5.56. The van der Waals surface area contributed by atoms with Gasteiger partial charge in [0.15, 0.2) is 5.96 Å². The second-order valence-electron chi connectivity index (χ2n) is 8.76. The summed E-state index contributed by atoms with van der Waals surface area (Å²) in [6, 6.07) is 8.74. The van der Waals surface area contributed by atoms with Crippen LogP contribution in [0.25, 0.3) is 0 Å². The summed E-state index contributed by atoms with van der Waals surface area (Å²) in [7, 11) is 1.75. The number of benzene rings is 1. The summed E-state index contributed by atoms with van der Waals surface area (Å²) < 4.78 is 7.81. The average molecular weight is 553 g/mol. The number of nitrogens with one attached hydrogen (secondary N) is 1. The Morgan fingerprint density at radius 1 is 1.22 bits per heavy atom. The van der Waals surface area contributed by atoms with Gasteiger partial charge in [-0.2, -0.15) is 0 Å². The van der Waals surface area contributed by atoms with E-state index >= 15 is 0 Å². The smallest absolute Gasteiger partial charge is 0.193 e. The molecule has 7 nitrogen and oxygen atoms in total. The van der Waals surface area contributed by atoms with Crippen LogP contribution in [-0.2, 0) is 0 Å². The van der Waals surface area contributed by atoms with Crippen LogP contribution < -0.4 is 15.0 Å². The largest absolute Gasteiger partial charge is 0.495 e. The van der Waals surface area contributed by atoms with Crippen molar-refractivity contribution in [3.8, 4) is 5.75 Å². The van der Waals surface area contributed by atoms with Gasteiger partial charge in [-0.15, -0.1) is 24.0 Å². The van der Waals surface area contributed by atoms with Crippen molar-refractivity contribution in [3.05, 3.63) is 43.0 Å². The molecular formula is C24H37IN6O. The molecule has 0 radical (unpaired) electrons. The van der Waals surface area contributed by atoms with E-state index in [1.54, 1.807) is 7.11 Å². The molecule has 3 heterocycles. The lowest BCUT2D eigenvalue weighted by atomic mass is 9.93.